The van der Waals surface area contributed by atoms with Gasteiger partial charge in [-0.3, -0.25) is 0 Å². The van der Waals surface area contributed by atoms with Crippen molar-refractivity contribution in [2.75, 3.05) is 26.3 Å². The fourth-order valence-electron chi connectivity index (χ4n) is 2.87. The molecule has 10 heteroatoms. The van der Waals surface area contributed by atoms with E-state index in [-0.39, 0.29) is 23.7 Å². The third-order valence-electron chi connectivity index (χ3n) is 4.40. The predicted octanol–water partition coefficient (Wildman–Crippen LogP) is 1.04. The predicted molar refractivity (Wildman–Crippen MR) is 91.3 cm³/mol. The van der Waals surface area contributed by atoms with Gasteiger partial charge in [-0.25, -0.2) is 16.8 Å². The van der Waals surface area contributed by atoms with Crippen LogP contribution in [0.1, 0.15) is 5.76 Å². The van der Waals surface area contributed by atoms with Crippen molar-refractivity contribution < 1.29 is 30.7 Å². The van der Waals surface area contributed by atoms with Gasteiger partial charge in [0.25, 0.3) is 0 Å². The number of ether oxygens (including phenoxy) is 2. The van der Waals surface area contributed by atoms with Crippen molar-refractivity contribution in [2.24, 2.45) is 0 Å². The molecule has 1 fully saturated rings. The van der Waals surface area contributed by atoms with E-state index in [0.717, 1.165) is 4.31 Å². The first kappa shape index (κ1) is 17.4. The van der Waals surface area contributed by atoms with Gasteiger partial charge in [0.1, 0.15) is 24.7 Å². The van der Waals surface area contributed by atoms with E-state index in [9.17, 15) is 16.8 Å². The molecule has 0 N–H and O–H groups in total. The van der Waals surface area contributed by atoms with Gasteiger partial charge in [-0.05, 0) is 24.3 Å². The smallest absolute Gasteiger partial charge is 0.243 e. The zero-order valence-electron chi connectivity index (χ0n) is 13.7. The van der Waals surface area contributed by atoms with Crippen molar-refractivity contribution in [1.29, 1.82) is 0 Å². The summed E-state index contributed by atoms with van der Waals surface area (Å²) in [7, 11) is -7.26. The van der Waals surface area contributed by atoms with Crippen molar-refractivity contribution in [2.45, 2.75) is 15.9 Å². The Balaban J connectivity index is 1.47. The number of fused-ring (bicyclic) bond motifs is 1. The maximum Gasteiger partial charge on any atom is 0.243 e. The lowest BCUT2D eigenvalue weighted by Crippen LogP contribution is -2.56. The Morgan fingerprint density at radius 1 is 1.00 bits per heavy atom. The minimum Gasteiger partial charge on any atom is -0.486 e. The Bertz CT molecular complexity index is 1010. The van der Waals surface area contributed by atoms with Gasteiger partial charge in [0.15, 0.2) is 21.3 Å². The van der Waals surface area contributed by atoms with Crippen LogP contribution in [-0.4, -0.2) is 52.7 Å². The van der Waals surface area contributed by atoms with Gasteiger partial charge in [-0.15, -0.1) is 0 Å². The van der Waals surface area contributed by atoms with Gasteiger partial charge in [0.05, 0.1) is 16.4 Å². The Labute approximate surface area is 151 Å². The SMILES string of the molecule is O=S(=O)(Cc1ccco1)C1CN(S(=O)(=O)c2ccc3c(c2)OCCO3)C1. The Morgan fingerprint density at radius 3 is 2.42 bits per heavy atom. The summed E-state index contributed by atoms with van der Waals surface area (Å²) in [5.41, 5.74) is 0. The van der Waals surface area contributed by atoms with Crippen LogP contribution in [0.15, 0.2) is 45.9 Å². The fraction of sp³-hybridized carbons (Fsp3) is 0.375. The van der Waals surface area contributed by atoms with Crippen molar-refractivity contribution in [3.8, 4) is 11.5 Å². The minimum atomic E-state index is -3.78. The van der Waals surface area contributed by atoms with Crippen LogP contribution in [-0.2, 0) is 25.6 Å². The maximum atomic E-state index is 12.7. The van der Waals surface area contributed by atoms with Crippen LogP contribution in [0.5, 0.6) is 11.5 Å². The first-order valence-electron chi connectivity index (χ1n) is 8.00. The average molecular weight is 399 g/mol. The molecule has 0 bridgehead atoms. The van der Waals surface area contributed by atoms with Crippen LogP contribution < -0.4 is 9.47 Å². The summed E-state index contributed by atoms with van der Waals surface area (Å²) < 4.78 is 67.2. The number of furan rings is 1. The lowest BCUT2D eigenvalue weighted by molar-refractivity contribution is 0.171. The van der Waals surface area contributed by atoms with Crippen LogP contribution >= 0.6 is 0 Å². The molecule has 0 atom stereocenters. The zero-order valence-corrected chi connectivity index (χ0v) is 15.3. The molecule has 0 aliphatic carbocycles. The monoisotopic (exact) mass is 399 g/mol. The molecule has 1 aromatic heterocycles. The van der Waals surface area contributed by atoms with Crippen molar-refractivity contribution in [3.05, 3.63) is 42.4 Å². The summed E-state index contributed by atoms with van der Waals surface area (Å²) >= 11 is 0. The molecule has 2 aliphatic rings. The van der Waals surface area contributed by atoms with Crippen molar-refractivity contribution >= 4 is 19.9 Å². The highest BCUT2D eigenvalue weighted by atomic mass is 32.2. The molecule has 26 heavy (non-hydrogen) atoms. The van der Waals surface area contributed by atoms with Crippen LogP contribution in [0, 0.1) is 0 Å². The topological polar surface area (TPSA) is 103 Å². The number of sulfone groups is 1. The molecular weight excluding hydrogens is 382 g/mol. The van der Waals surface area contributed by atoms with Crippen LogP contribution in [0.3, 0.4) is 0 Å². The molecule has 0 spiro atoms. The normalized spacial score (nSPS) is 18.5. The number of hydrogen-bond acceptors (Lipinski definition) is 7. The van der Waals surface area contributed by atoms with E-state index in [0.29, 0.717) is 30.5 Å². The van der Waals surface area contributed by atoms with Crippen molar-refractivity contribution in [3.63, 3.8) is 0 Å². The Morgan fingerprint density at radius 2 is 1.73 bits per heavy atom. The fourth-order valence-corrected chi connectivity index (χ4v) is 6.21. The van der Waals surface area contributed by atoms with E-state index in [4.69, 9.17) is 13.9 Å². The molecule has 0 unspecified atom stereocenters. The molecule has 0 amide bonds. The van der Waals surface area contributed by atoms with Gasteiger partial charge in [-0.1, -0.05) is 0 Å². The van der Waals surface area contributed by atoms with Crippen LogP contribution in [0.2, 0.25) is 0 Å². The molecule has 0 radical (unpaired) electrons. The van der Waals surface area contributed by atoms with E-state index in [2.05, 4.69) is 0 Å². The highest BCUT2D eigenvalue weighted by Gasteiger charge is 2.44. The number of nitrogens with zero attached hydrogens (tertiary/aromatic N) is 1. The molecule has 1 saturated heterocycles. The van der Waals surface area contributed by atoms with Gasteiger partial charge >= 0.3 is 0 Å². The second kappa shape index (κ2) is 6.29. The zero-order chi connectivity index (χ0) is 18.4. The summed E-state index contributed by atoms with van der Waals surface area (Å²) in [5, 5.41) is -0.736. The summed E-state index contributed by atoms with van der Waals surface area (Å²) in [6.07, 6.45) is 1.41. The number of rotatable bonds is 5. The maximum absolute atomic E-state index is 12.7. The first-order chi connectivity index (χ1) is 12.4. The molecule has 4 rings (SSSR count). The van der Waals surface area contributed by atoms with Gasteiger partial charge in [0, 0.05) is 19.2 Å². The molecule has 0 saturated carbocycles. The van der Waals surface area contributed by atoms with Crippen molar-refractivity contribution in [1.82, 2.24) is 4.31 Å². The minimum absolute atomic E-state index is 0.0589. The number of benzene rings is 1. The summed E-state index contributed by atoms with van der Waals surface area (Å²) in [6.45, 7) is 0.632. The van der Waals surface area contributed by atoms with E-state index >= 15 is 0 Å². The Kier molecular flexibility index (Phi) is 4.20. The molecule has 8 nitrogen and oxygen atoms in total. The standard InChI is InChI=1S/C16H17NO7S2/c18-25(19,11-12-2-1-5-22-12)14-9-17(10-14)26(20,21)13-3-4-15-16(8-13)24-7-6-23-15/h1-5,8,14H,6-7,9-11H2. The highest BCUT2D eigenvalue weighted by molar-refractivity contribution is 7.92. The average Bonchev–Trinajstić information content (AvgIpc) is 3.04. The largest absolute Gasteiger partial charge is 0.486 e. The van der Waals surface area contributed by atoms with E-state index < -0.39 is 25.1 Å². The molecule has 1 aromatic carbocycles. The summed E-state index contributed by atoms with van der Waals surface area (Å²) in [4.78, 5) is 0.0589. The van der Waals surface area contributed by atoms with Gasteiger partial charge < -0.3 is 13.9 Å². The second-order valence-corrected chi connectivity index (χ2v) is 10.4. The lowest BCUT2D eigenvalue weighted by Gasteiger charge is -2.37. The lowest BCUT2D eigenvalue weighted by atomic mass is 10.3. The molecular formula is C16H17NO7S2. The Hall–Kier alpha value is -2.04. The van der Waals surface area contributed by atoms with Gasteiger partial charge in [0.2, 0.25) is 10.0 Å². The van der Waals surface area contributed by atoms with Crippen LogP contribution in [0.25, 0.3) is 0 Å². The van der Waals surface area contributed by atoms with E-state index in [1.165, 1.54) is 18.4 Å². The highest BCUT2D eigenvalue weighted by Crippen LogP contribution is 2.34. The van der Waals surface area contributed by atoms with Crippen LogP contribution in [0.4, 0.5) is 0 Å². The van der Waals surface area contributed by atoms with Gasteiger partial charge in [-0.2, -0.15) is 4.31 Å². The molecule has 140 valence electrons. The first-order valence-corrected chi connectivity index (χ1v) is 11.2. The third-order valence-corrected chi connectivity index (χ3v) is 8.23. The summed E-state index contributed by atoms with van der Waals surface area (Å²) in [6, 6.07) is 7.60. The second-order valence-electron chi connectivity index (χ2n) is 6.14. The molecule has 3 heterocycles. The third kappa shape index (κ3) is 3.08. The number of hydrogen-bond donors (Lipinski definition) is 0. The van der Waals surface area contributed by atoms with E-state index in [1.807, 2.05) is 0 Å². The van der Waals surface area contributed by atoms with E-state index in [1.54, 1.807) is 18.2 Å². The molecule has 2 aliphatic heterocycles. The number of sulfonamides is 1. The quantitative estimate of drug-likeness (QED) is 0.740. The molecule has 2 aromatic rings. The summed E-state index contributed by atoms with van der Waals surface area (Å²) in [5.74, 6) is 0.985.